The molecule has 1 aliphatic heterocycles. The molecule has 0 saturated carbocycles. The molecule has 1 atom stereocenters. The van der Waals surface area contributed by atoms with E-state index in [4.69, 9.17) is 0 Å². The molecule has 0 aromatic rings. The molecule has 1 fully saturated rings. The van der Waals surface area contributed by atoms with E-state index in [1.54, 1.807) is 6.92 Å². The molecule has 1 amide bonds. The van der Waals surface area contributed by atoms with Crippen LogP contribution in [-0.2, 0) is 14.8 Å². The first-order valence-electron chi connectivity index (χ1n) is 4.17. The van der Waals surface area contributed by atoms with Crippen LogP contribution in [0.15, 0.2) is 0 Å². The number of amides is 1. The van der Waals surface area contributed by atoms with Crippen LogP contribution in [0.4, 0.5) is 0 Å². The van der Waals surface area contributed by atoms with Gasteiger partial charge in [-0.25, -0.2) is 8.42 Å². The van der Waals surface area contributed by atoms with Crippen molar-refractivity contribution in [2.45, 2.75) is 19.4 Å². The predicted molar refractivity (Wildman–Crippen MR) is 48.6 cm³/mol. The van der Waals surface area contributed by atoms with E-state index in [0.29, 0.717) is 19.5 Å². The quantitative estimate of drug-likeness (QED) is 0.608. The molecule has 76 valence electrons. The van der Waals surface area contributed by atoms with E-state index < -0.39 is 16.1 Å². The normalized spacial score (nSPS) is 26.6. The van der Waals surface area contributed by atoms with Crippen LogP contribution in [0.2, 0.25) is 0 Å². The van der Waals surface area contributed by atoms with E-state index in [2.05, 4.69) is 5.32 Å². The maximum atomic E-state index is 11.3. The zero-order chi connectivity index (χ0) is 10.1. The summed E-state index contributed by atoms with van der Waals surface area (Å²) >= 11 is 0. The van der Waals surface area contributed by atoms with E-state index >= 15 is 0 Å². The van der Waals surface area contributed by atoms with Gasteiger partial charge >= 0.3 is 0 Å². The minimum Gasteiger partial charge on any atom is -0.355 e. The summed E-state index contributed by atoms with van der Waals surface area (Å²) in [6, 6.07) is -0.586. The fraction of sp³-hybridized carbons (Fsp3) is 0.857. The summed E-state index contributed by atoms with van der Waals surface area (Å²) < 4.78 is 23.7. The van der Waals surface area contributed by atoms with E-state index in [-0.39, 0.29) is 5.91 Å². The average molecular weight is 206 g/mol. The third-order valence-corrected chi connectivity index (χ3v) is 3.44. The molecule has 0 radical (unpaired) electrons. The van der Waals surface area contributed by atoms with Gasteiger partial charge in [0.2, 0.25) is 15.9 Å². The van der Waals surface area contributed by atoms with Gasteiger partial charge in [0.15, 0.2) is 0 Å². The van der Waals surface area contributed by atoms with Crippen molar-refractivity contribution >= 4 is 15.9 Å². The van der Waals surface area contributed by atoms with Crippen molar-refractivity contribution in [3.8, 4) is 0 Å². The first-order chi connectivity index (χ1) is 5.93. The smallest absolute Gasteiger partial charge is 0.238 e. The number of carbonyl (C=O) groups is 1. The molecule has 1 rings (SSSR count). The first kappa shape index (κ1) is 10.5. The molecule has 0 spiro atoms. The molecule has 0 aromatic carbocycles. The van der Waals surface area contributed by atoms with Gasteiger partial charge in [0.1, 0.15) is 6.04 Å². The van der Waals surface area contributed by atoms with Crippen molar-refractivity contribution in [1.29, 1.82) is 0 Å². The highest BCUT2D eigenvalue weighted by molar-refractivity contribution is 7.88. The van der Waals surface area contributed by atoms with Gasteiger partial charge in [-0.1, -0.05) is 0 Å². The summed E-state index contributed by atoms with van der Waals surface area (Å²) in [6.45, 7) is 2.57. The van der Waals surface area contributed by atoms with E-state index in [1.165, 1.54) is 4.31 Å². The third kappa shape index (κ3) is 2.41. The molecule has 1 heterocycles. The molecular weight excluding hydrogens is 192 g/mol. The Balaban J connectivity index is 2.89. The Morgan fingerprint density at radius 1 is 1.54 bits per heavy atom. The van der Waals surface area contributed by atoms with Crippen molar-refractivity contribution in [3.05, 3.63) is 0 Å². The summed E-state index contributed by atoms with van der Waals surface area (Å²) in [6.07, 6.45) is 1.80. The first-order valence-corrected chi connectivity index (χ1v) is 6.02. The number of carbonyl (C=O) groups excluding carboxylic acids is 1. The van der Waals surface area contributed by atoms with Crippen molar-refractivity contribution < 1.29 is 13.2 Å². The van der Waals surface area contributed by atoms with E-state index in [1.807, 2.05) is 0 Å². The summed E-state index contributed by atoms with van der Waals surface area (Å²) in [5.41, 5.74) is 0. The molecular formula is C7H14N2O3S. The summed E-state index contributed by atoms with van der Waals surface area (Å²) in [4.78, 5) is 11.3. The van der Waals surface area contributed by atoms with Gasteiger partial charge < -0.3 is 5.32 Å². The Morgan fingerprint density at radius 3 is 2.69 bits per heavy atom. The van der Waals surface area contributed by atoms with Crippen molar-refractivity contribution in [2.75, 3.05) is 19.3 Å². The van der Waals surface area contributed by atoms with Gasteiger partial charge in [-0.3, -0.25) is 4.79 Å². The Kier molecular flexibility index (Phi) is 2.92. The summed E-state index contributed by atoms with van der Waals surface area (Å²) in [7, 11) is -3.26. The highest BCUT2D eigenvalue weighted by atomic mass is 32.2. The Morgan fingerprint density at radius 2 is 2.15 bits per heavy atom. The largest absolute Gasteiger partial charge is 0.355 e. The molecule has 6 heteroatoms. The van der Waals surface area contributed by atoms with Crippen LogP contribution in [0.25, 0.3) is 0 Å². The van der Waals surface area contributed by atoms with Gasteiger partial charge in [-0.15, -0.1) is 0 Å². The SMILES string of the molecule is CC1C(=O)NCCCN1S(C)(=O)=O. The van der Waals surface area contributed by atoms with Crippen LogP contribution >= 0.6 is 0 Å². The minimum atomic E-state index is -3.26. The number of sulfonamides is 1. The molecule has 5 nitrogen and oxygen atoms in total. The number of rotatable bonds is 1. The Labute approximate surface area is 78.2 Å². The monoisotopic (exact) mass is 206 g/mol. The van der Waals surface area contributed by atoms with Crippen LogP contribution in [0.3, 0.4) is 0 Å². The zero-order valence-corrected chi connectivity index (χ0v) is 8.60. The van der Waals surface area contributed by atoms with Gasteiger partial charge in [0, 0.05) is 13.1 Å². The van der Waals surface area contributed by atoms with Crippen molar-refractivity contribution in [1.82, 2.24) is 9.62 Å². The highest BCUT2D eigenvalue weighted by Crippen LogP contribution is 2.09. The topological polar surface area (TPSA) is 66.5 Å². The van der Waals surface area contributed by atoms with Crippen molar-refractivity contribution in [3.63, 3.8) is 0 Å². The lowest BCUT2D eigenvalue weighted by atomic mass is 10.3. The summed E-state index contributed by atoms with van der Waals surface area (Å²) in [5.74, 6) is -0.220. The predicted octanol–water partition coefficient (Wildman–Crippen LogP) is -0.844. The fourth-order valence-corrected chi connectivity index (χ4v) is 2.50. The molecule has 0 aliphatic carbocycles. The lowest BCUT2D eigenvalue weighted by Gasteiger charge is -2.22. The molecule has 0 bridgehead atoms. The maximum absolute atomic E-state index is 11.3. The third-order valence-electron chi connectivity index (χ3n) is 2.09. The fourth-order valence-electron chi connectivity index (χ4n) is 1.37. The molecule has 1 saturated heterocycles. The Bertz CT molecular complexity index is 299. The Hall–Kier alpha value is -0.620. The van der Waals surface area contributed by atoms with Crippen molar-refractivity contribution in [2.24, 2.45) is 0 Å². The molecule has 13 heavy (non-hydrogen) atoms. The van der Waals surface area contributed by atoms with Gasteiger partial charge in [0.05, 0.1) is 6.26 Å². The average Bonchev–Trinajstić information content (AvgIpc) is 2.14. The second kappa shape index (κ2) is 3.63. The number of hydrogen-bond acceptors (Lipinski definition) is 3. The van der Waals surface area contributed by atoms with Gasteiger partial charge in [-0.05, 0) is 13.3 Å². The van der Waals surface area contributed by atoms with Crippen LogP contribution < -0.4 is 5.32 Å². The number of hydrogen-bond donors (Lipinski definition) is 1. The lowest BCUT2D eigenvalue weighted by Crippen LogP contribution is -2.44. The van der Waals surface area contributed by atoms with Crippen LogP contribution in [0, 0.1) is 0 Å². The van der Waals surface area contributed by atoms with Crippen LogP contribution in [0.1, 0.15) is 13.3 Å². The lowest BCUT2D eigenvalue weighted by molar-refractivity contribution is -0.123. The van der Waals surface area contributed by atoms with E-state index in [0.717, 1.165) is 6.26 Å². The highest BCUT2D eigenvalue weighted by Gasteiger charge is 2.29. The van der Waals surface area contributed by atoms with Crippen LogP contribution in [-0.4, -0.2) is 44.0 Å². The summed E-state index contributed by atoms with van der Waals surface area (Å²) in [5, 5.41) is 2.65. The second-order valence-corrected chi connectivity index (χ2v) is 5.13. The molecule has 1 unspecified atom stereocenters. The molecule has 1 N–H and O–H groups in total. The zero-order valence-electron chi connectivity index (χ0n) is 7.78. The maximum Gasteiger partial charge on any atom is 0.238 e. The minimum absolute atomic E-state index is 0.220. The molecule has 1 aliphatic rings. The van der Waals surface area contributed by atoms with Gasteiger partial charge in [-0.2, -0.15) is 4.31 Å². The van der Waals surface area contributed by atoms with E-state index in [9.17, 15) is 13.2 Å². The molecule has 0 aromatic heterocycles. The second-order valence-electron chi connectivity index (χ2n) is 3.19. The number of nitrogens with one attached hydrogen (secondary N) is 1. The van der Waals surface area contributed by atoms with Gasteiger partial charge in [0.25, 0.3) is 0 Å². The van der Waals surface area contributed by atoms with Crippen LogP contribution in [0.5, 0.6) is 0 Å². The number of nitrogens with zero attached hydrogens (tertiary/aromatic N) is 1. The standard InChI is InChI=1S/C7H14N2O3S/c1-6-7(10)8-4-3-5-9(6)13(2,11)12/h6H,3-5H2,1-2H3,(H,8,10).